The quantitative estimate of drug-likeness (QED) is 0.892. The van der Waals surface area contributed by atoms with Crippen molar-refractivity contribution in [2.45, 2.75) is 19.8 Å². The fraction of sp³-hybridized carbons (Fsp3) is 0.500. The van der Waals surface area contributed by atoms with Gasteiger partial charge in [-0.1, -0.05) is 6.92 Å². The lowest BCUT2D eigenvalue weighted by Crippen LogP contribution is -2.41. The molecule has 0 bridgehead atoms. The second-order valence-electron chi connectivity index (χ2n) is 5.60. The summed E-state index contributed by atoms with van der Waals surface area (Å²) in [7, 11) is 1.50. The molecule has 0 saturated carbocycles. The van der Waals surface area contributed by atoms with Gasteiger partial charge >= 0.3 is 0 Å². The molecule has 0 spiro atoms. The largest absolute Gasteiger partial charge is 0.497 e. The van der Waals surface area contributed by atoms with Gasteiger partial charge in [-0.3, -0.25) is 9.59 Å². The predicted octanol–water partition coefficient (Wildman–Crippen LogP) is 1.43. The number of carbonyl (C=O) groups excluding carboxylic acids is 2. The molecule has 2 amide bonds. The molecule has 1 aliphatic heterocycles. The van der Waals surface area contributed by atoms with Crippen LogP contribution in [0.4, 0.5) is 0 Å². The molecule has 6 nitrogen and oxygen atoms in total. The molecular formula is C16H22N2O4. The van der Waals surface area contributed by atoms with Crippen LogP contribution in [0.1, 0.15) is 30.1 Å². The highest BCUT2D eigenvalue weighted by atomic mass is 16.5. The fourth-order valence-electron chi connectivity index (χ4n) is 2.60. The van der Waals surface area contributed by atoms with E-state index in [0.717, 1.165) is 25.9 Å². The molecular weight excluding hydrogens is 284 g/mol. The van der Waals surface area contributed by atoms with Gasteiger partial charge < -0.3 is 20.1 Å². The van der Waals surface area contributed by atoms with E-state index in [1.54, 1.807) is 12.1 Å². The minimum absolute atomic E-state index is 0.0715. The van der Waals surface area contributed by atoms with Gasteiger partial charge in [-0.25, -0.2) is 0 Å². The van der Waals surface area contributed by atoms with Crippen molar-refractivity contribution in [3.63, 3.8) is 0 Å². The van der Waals surface area contributed by atoms with Crippen molar-refractivity contribution >= 4 is 11.8 Å². The maximum Gasteiger partial charge on any atom is 0.260 e. The van der Waals surface area contributed by atoms with Crippen LogP contribution in [-0.2, 0) is 4.79 Å². The molecule has 1 aromatic carbocycles. The molecule has 0 radical (unpaired) electrons. The molecule has 0 aromatic heterocycles. The zero-order valence-electron chi connectivity index (χ0n) is 13.0. The zero-order valence-corrected chi connectivity index (χ0v) is 13.0. The third-order valence-corrected chi connectivity index (χ3v) is 3.81. The van der Waals surface area contributed by atoms with Gasteiger partial charge in [0.15, 0.2) is 6.61 Å². The Morgan fingerprint density at radius 1 is 1.41 bits per heavy atom. The first-order chi connectivity index (χ1) is 10.5. The molecule has 0 unspecified atom stereocenters. The van der Waals surface area contributed by atoms with E-state index in [9.17, 15) is 9.59 Å². The van der Waals surface area contributed by atoms with Crippen molar-refractivity contribution in [1.82, 2.24) is 4.90 Å². The van der Waals surface area contributed by atoms with Crippen LogP contribution < -0.4 is 15.2 Å². The number of nitrogens with zero attached hydrogens (tertiary/aromatic N) is 1. The van der Waals surface area contributed by atoms with E-state index < -0.39 is 5.91 Å². The average Bonchev–Trinajstić information content (AvgIpc) is 2.52. The Bertz CT molecular complexity index is 559. The van der Waals surface area contributed by atoms with Crippen LogP contribution >= 0.6 is 0 Å². The molecule has 120 valence electrons. The van der Waals surface area contributed by atoms with Crippen LogP contribution in [-0.4, -0.2) is 43.5 Å². The highest BCUT2D eigenvalue weighted by Gasteiger charge is 2.21. The molecule has 1 saturated heterocycles. The van der Waals surface area contributed by atoms with E-state index in [1.165, 1.54) is 13.2 Å². The lowest BCUT2D eigenvalue weighted by atomic mass is 10.0. The minimum atomic E-state index is -0.618. The number of methoxy groups -OCH3 is 1. The van der Waals surface area contributed by atoms with Gasteiger partial charge in [-0.2, -0.15) is 0 Å². The molecule has 1 fully saturated rings. The normalized spacial score (nSPS) is 17.9. The van der Waals surface area contributed by atoms with E-state index in [2.05, 4.69) is 6.92 Å². The summed E-state index contributed by atoms with van der Waals surface area (Å²) in [6, 6.07) is 4.76. The van der Waals surface area contributed by atoms with Gasteiger partial charge in [0.05, 0.1) is 12.7 Å². The summed E-state index contributed by atoms with van der Waals surface area (Å²) in [5.41, 5.74) is 5.54. The van der Waals surface area contributed by atoms with Gasteiger partial charge in [-0.05, 0) is 37.0 Å². The minimum Gasteiger partial charge on any atom is -0.497 e. The monoisotopic (exact) mass is 306 g/mol. The number of carbonyl (C=O) groups is 2. The second kappa shape index (κ2) is 7.15. The molecule has 22 heavy (non-hydrogen) atoms. The van der Waals surface area contributed by atoms with Crippen molar-refractivity contribution < 1.29 is 19.1 Å². The van der Waals surface area contributed by atoms with Crippen molar-refractivity contribution in [3.05, 3.63) is 23.8 Å². The number of ether oxygens (including phenoxy) is 2. The molecule has 1 aliphatic rings. The summed E-state index contributed by atoms with van der Waals surface area (Å²) in [5, 5.41) is 0. The molecule has 2 rings (SSSR count). The SMILES string of the molecule is COc1ccc(OCC(=O)N2CCC[C@H](C)C2)c(C(N)=O)c1. The van der Waals surface area contributed by atoms with Crippen molar-refractivity contribution in [2.24, 2.45) is 11.7 Å². The maximum atomic E-state index is 12.2. The highest BCUT2D eigenvalue weighted by Crippen LogP contribution is 2.24. The smallest absolute Gasteiger partial charge is 0.260 e. The summed E-state index contributed by atoms with van der Waals surface area (Å²) < 4.78 is 10.6. The van der Waals surface area contributed by atoms with Crippen LogP contribution in [0.5, 0.6) is 11.5 Å². The first-order valence-electron chi connectivity index (χ1n) is 7.39. The van der Waals surface area contributed by atoms with E-state index in [1.807, 2.05) is 4.90 Å². The molecule has 0 aliphatic carbocycles. The van der Waals surface area contributed by atoms with Gasteiger partial charge in [0.1, 0.15) is 11.5 Å². The molecule has 2 N–H and O–H groups in total. The molecule has 1 heterocycles. The average molecular weight is 306 g/mol. The topological polar surface area (TPSA) is 81.9 Å². The zero-order chi connectivity index (χ0) is 16.1. The number of piperidine rings is 1. The highest BCUT2D eigenvalue weighted by molar-refractivity contribution is 5.96. The van der Waals surface area contributed by atoms with Crippen LogP contribution in [0.2, 0.25) is 0 Å². The second-order valence-corrected chi connectivity index (χ2v) is 5.60. The van der Waals surface area contributed by atoms with Crippen molar-refractivity contribution in [1.29, 1.82) is 0 Å². The van der Waals surface area contributed by atoms with Crippen LogP contribution in [0.3, 0.4) is 0 Å². The Morgan fingerprint density at radius 2 is 2.18 bits per heavy atom. The Morgan fingerprint density at radius 3 is 2.82 bits per heavy atom. The number of amides is 2. The van der Waals surface area contributed by atoms with Gasteiger partial charge in [0.2, 0.25) is 0 Å². The summed E-state index contributed by atoms with van der Waals surface area (Å²) in [4.78, 5) is 25.5. The number of nitrogens with two attached hydrogens (primary N) is 1. The Hall–Kier alpha value is -2.24. The third kappa shape index (κ3) is 3.90. The van der Waals surface area contributed by atoms with E-state index in [0.29, 0.717) is 17.4 Å². The number of primary amides is 1. The molecule has 1 aromatic rings. The first-order valence-corrected chi connectivity index (χ1v) is 7.39. The van der Waals surface area contributed by atoms with Crippen LogP contribution in [0.25, 0.3) is 0 Å². The number of rotatable bonds is 5. The van der Waals surface area contributed by atoms with Crippen molar-refractivity contribution in [3.8, 4) is 11.5 Å². The Labute approximate surface area is 130 Å². The summed E-state index contributed by atoms with van der Waals surface area (Å²) in [6.45, 7) is 3.56. The van der Waals surface area contributed by atoms with Gasteiger partial charge in [-0.15, -0.1) is 0 Å². The van der Waals surface area contributed by atoms with Crippen LogP contribution in [0, 0.1) is 5.92 Å². The Kier molecular flexibility index (Phi) is 5.25. The lowest BCUT2D eigenvalue weighted by Gasteiger charge is -2.30. The fourth-order valence-corrected chi connectivity index (χ4v) is 2.60. The van der Waals surface area contributed by atoms with Crippen LogP contribution in [0.15, 0.2) is 18.2 Å². The first kappa shape index (κ1) is 16.1. The molecule has 1 atom stereocenters. The van der Waals surface area contributed by atoms with E-state index in [-0.39, 0.29) is 18.1 Å². The Balaban J connectivity index is 2.01. The molecule has 6 heteroatoms. The number of hydrogen-bond acceptors (Lipinski definition) is 4. The summed E-state index contributed by atoms with van der Waals surface area (Å²) in [6.07, 6.45) is 2.16. The third-order valence-electron chi connectivity index (χ3n) is 3.81. The summed E-state index contributed by atoms with van der Waals surface area (Å²) >= 11 is 0. The standard InChI is InChI=1S/C16H22N2O4/c1-11-4-3-7-18(9-11)15(19)10-22-14-6-5-12(21-2)8-13(14)16(17)20/h5-6,8,11H,3-4,7,9-10H2,1-2H3,(H2,17,20)/t11-/m0/s1. The summed E-state index contributed by atoms with van der Waals surface area (Å²) in [5.74, 6) is 0.634. The van der Waals surface area contributed by atoms with E-state index >= 15 is 0 Å². The lowest BCUT2D eigenvalue weighted by molar-refractivity contribution is -0.135. The van der Waals surface area contributed by atoms with Gasteiger partial charge in [0.25, 0.3) is 11.8 Å². The van der Waals surface area contributed by atoms with Crippen molar-refractivity contribution in [2.75, 3.05) is 26.8 Å². The number of likely N-dealkylation sites (tertiary alicyclic amines) is 1. The van der Waals surface area contributed by atoms with Gasteiger partial charge in [0, 0.05) is 13.1 Å². The van der Waals surface area contributed by atoms with E-state index in [4.69, 9.17) is 15.2 Å². The number of hydrogen-bond donors (Lipinski definition) is 1. The maximum absolute atomic E-state index is 12.2. The predicted molar refractivity (Wildman–Crippen MR) is 82.0 cm³/mol. The number of benzene rings is 1.